The van der Waals surface area contributed by atoms with E-state index < -0.39 is 0 Å². The molecule has 20 heavy (non-hydrogen) atoms. The van der Waals surface area contributed by atoms with Crippen LogP contribution < -0.4 is 10.6 Å². The highest BCUT2D eigenvalue weighted by Gasteiger charge is 2.21. The van der Waals surface area contributed by atoms with Crippen molar-refractivity contribution >= 4 is 29.9 Å². The van der Waals surface area contributed by atoms with E-state index in [1.54, 1.807) is 0 Å². The maximum atomic E-state index is 4.65. The van der Waals surface area contributed by atoms with Crippen molar-refractivity contribution in [1.29, 1.82) is 0 Å². The number of nitrogens with zero attached hydrogens (tertiary/aromatic N) is 2. The Morgan fingerprint density at radius 1 is 1.15 bits per heavy atom. The second-order valence-electron chi connectivity index (χ2n) is 6.01. The second kappa shape index (κ2) is 9.82. The summed E-state index contributed by atoms with van der Waals surface area (Å²) in [4.78, 5) is 7.15. The first-order valence-electron chi connectivity index (χ1n) is 8.02. The van der Waals surface area contributed by atoms with Crippen molar-refractivity contribution in [2.24, 2.45) is 10.9 Å². The number of likely N-dealkylation sites (N-methyl/N-ethyl adjacent to an activating group) is 1. The molecule has 2 N–H and O–H groups in total. The van der Waals surface area contributed by atoms with E-state index >= 15 is 0 Å². The normalized spacial score (nSPS) is 20.1. The van der Waals surface area contributed by atoms with Gasteiger partial charge in [0.05, 0.1) is 0 Å². The monoisotopic (exact) mass is 394 g/mol. The third-order valence-corrected chi connectivity index (χ3v) is 4.25. The maximum Gasteiger partial charge on any atom is 0.191 e. The smallest absolute Gasteiger partial charge is 0.191 e. The molecule has 0 unspecified atom stereocenters. The first-order valence-corrected chi connectivity index (χ1v) is 8.02. The molecule has 2 aliphatic carbocycles. The van der Waals surface area contributed by atoms with E-state index in [4.69, 9.17) is 0 Å². The Bertz CT molecular complexity index is 286. The summed E-state index contributed by atoms with van der Waals surface area (Å²) in [6, 6.07) is 0.813. The van der Waals surface area contributed by atoms with Crippen LogP contribution >= 0.6 is 24.0 Å². The zero-order valence-electron chi connectivity index (χ0n) is 13.0. The lowest BCUT2D eigenvalue weighted by Gasteiger charge is -2.24. The standard InChI is InChI=1S/C15H30N4.HI/c1-3-16-15(18-12-13-8-9-13)17-10-11-19(2)14-6-4-5-7-14;/h13-14H,3-12H2,1-2H3,(H2,16,17,18);1H. The largest absolute Gasteiger partial charge is 0.357 e. The maximum absolute atomic E-state index is 4.65. The summed E-state index contributed by atoms with van der Waals surface area (Å²) in [5, 5.41) is 6.78. The van der Waals surface area contributed by atoms with Crippen LogP contribution in [0.3, 0.4) is 0 Å². The molecule has 2 aliphatic rings. The van der Waals surface area contributed by atoms with Gasteiger partial charge >= 0.3 is 0 Å². The molecule has 0 aliphatic heterocycles. The highest BCUT2D eigenvalue weighted by atomic mass is 127. The van der Waals surface area contributed by atoms with Crippen LogP contribution in [-0.2, 0) is 0 Å². The van der Waals surface area contributed by atoms with Gasteiger partial charge < -0.3 is 15.5 Å². The zero-order valence-corrected chi connectivity index (χ0v) is 15.4. The van der Waals surface area contributed by atoms with E-state index in [0.29, 0.717) is 0 Å². The van der Waals surface area contributed by atoms with Crippen LogP contribution in [0.2, 0.25) is 0 Å². The highest BCUT2D eigenvalue weighted by molar-refractivity contribution is 14.0. The lowest BCUT2D eigenvalue weighted by atomic mass is 10.2. The van der Waals surface area contributed by atoms with Gasteiger partial charge in [0.25, 0.3) is 0 Å². The quantitative estimate of drug-likeness (QED) is 0.396. The van der Waals surface area contributed by atoms with Gasteiger partial charge in [0.1, 0.15) is 0 Å². The van der Waals surface area contributed by atoms with Crippen molar-refractivity contribution < 1.29 is 0 Å². The molecular weight excluding hydrogens is 363 g/mol. The van der Waals surface area contributed by atoms with Crippen LogP contribution in [0, 0.1) is 5.92 Å². The first-order chi connectivity index (χ1) is 9.29. The zero-order chi connectivity index (χ0) is 13.5. The van der Waals surface area contributed by atoms with E-state index in [0.717, 1.165) is 44.1 Å². The van der Waals surface area contributed by atoms with Gasteiger partial charge in [-0.15, -0.1) is 24.0 Å². The molecular formula is C15H31IN4. The molecule has 0 heterocycles. The number of halogens is 1. The van der Waals surface area contributed by atoms with Crippen LogP contribution in [-0.4, -0.2) is 50.1 Å². The van der Waals surface area contributed by atoms with Gasteiger partial charge in [-0.2, -0.15) is 0 Å². The molecule has 0 aromatic carbocycles. The summed E-state index contributed by atoms with van der Waals surface area (Å²) < 4.78 is 0. The molecule has 0 spiro atoms. The molecule has 0 radical (unpaired) electrons. The Morgan fingerprint density at radius 2 is 1.85 bits per heavy atom. The van der Waals surface area contributed by atoms with Crippen molar-refractivity contribution in [3.05, 3.63) is 0 Å². The van der Waals surface area contributed by atoms with E-state index in [1.165, 1.54) is 38.5 Å². The number of hydrogen-bond acceptors (Lipinski definition) is 2. The molecule has 4 nitrogen and oxygen atoms in total. The Morgan fingerprint density at radius 3 is 2.45 bits per heavy atom. The summed E-state index contributed by atoms with van der Waals surface area (Å²) in [6.45, 7) is 6.16. The fourth-order valence-electron chi connectivity index (χ4n) is 2.74. The van der Waals surface area contributed by atoms with Crippen molar-refractivity contribution in [1.82, 2.24) is 15.5 Å². The van der Waals surface area contributed by atoms with Gasteiger partial charge in [-0.3, -0.25) is 4.99 Å². The minimum Gasteiger partial charge on any atom is -0.357 e. The summed E-state index contributed by atoms with van der Waals surface area (Å²) >= 11 is 0. The Kier molecular flexibility index (Phi) is 8.84. The number of aliphatic imine (C=N–C) groups is 1. The molecule has 0 amide bonds. The number of hydrogen-bond donors (Lipinski definition) is 2. The fraction of sp³-hybridized carbons (Fsp3) is 0.933. The SMILES string of the molecule is CCNC(=NCC1CC1)NCCN(C)C1CCCC1.I. The summed E-state index contributed by atoms with van der Waals surface area (Å²) in [6.07, 6.45) is 8.32. The average Bonchev–Trinajstić information content (AvgIpc) is 3.07. The van der Waals surface area contributed by atoms with Crippen LogP contribution in [0.1, 0.15) is 45.4 Å². The van der Waals surface area contributed by atoms with Crippen molar-refractivity contribution in [2.45, 2.75) is 51.5 Å². The van der Waals surface area contributed by atoms with Gasteiger partial charge in [-0.25, -0.2) is 0 Å². The van der Waals surface area contributed by atoms with Gasteiger partial charge in [-0.1, -0.05) is 12.8 Å². The minimum absolute atomic E-state index is 0. The second-order valence-corrected chi connectivity index (χ2v) is 6.01. The van der Waals surface area contributed by atoms with Gasteiger partial charge in [-0.05, 0) is 45.6 Å². The Balaban J connectivity index is 0.00000200. The average molecular weight is 394 g/mol. The molecule has 118 valence electrons. The lowest BCUT2D eigenvalue weighted by molar-refractivity contribution is 0.249. The van der Waals surface area contributed by atoms with Crippen LogP contribution in [0.25, 0.3) is 0 Å². The Labute approximate surface area is 141 Å². The molecule has 2 rings (SSSR count). The van der Waals surface area contributed by atoms with Crippen LogP contribution in [0.15, 0.2) is 4.99 Å². The molecule has 2 saturated carbocycles. The summed E-state index contributed by atoms with van der Waals surface area (Å²) in [5.74, 6) is 1.85. The lowest BCUT2D eigenvalue weighted by Crippen LogP contribution is -2.42. The van der Waals surface area contributed by atoms with E-state index in [-0.39, 0.29) is 24.0 Å². The number of guanidine groups is 1. The fourth-order valence-corrected chi connectivity index (χ4v) is 2.74. The topological polar surface area (TPSA) is 39.7 Å². The predicted molar refractivity (Wildman–Crippen MR) is 97.0 cm³/mol. The van der Waals surface area contributed by atoms with Gasteiger partial charge in [0.2, 0.25) is 0 Å². The highest BCUT2D eigenvalue weighted by Crippen LogP contribution is 2.28. The van der Waals surface area contributed by atoms with Crippen molar-refractivity contribution in [3.8, 4) is 0 Å². The summed E-state index contributed by atoms with van der Waals surface area (Å²) in [7, 11) is 2.26. The molecule has 5 heteroatoms. The van der Waals surface area contributed by atoms with Crippen molar-refractivity contribution in [3.63, 3.8) is 0 Å². The molecule has 0 aromatic heterocycles. The van der Waals surface area contributed by atoms with Crippen LogP contribution in [0.5, 0.6) is 0 Å². The first kappa shape index (κ1) is 18.0. The molecule has 2 fully saturated rings. The third kappa shape index (κ3) is 6.61. The van der Waals surface area contributed by atoms with E-state index in [2.05, 4.69) is 34.5 Å². The van der Waals surface area contributed by atoms with Gasteiger partial charge in [0, 0.05) is 32.2 Å². The molecule has 0 aromatic rings. The minimum atomic E-state index is 0. The Hall–Kier alpha value is -0.0400. The van der Waals surface area contributed by atoms with Crippen molar-refractivity contribution in [2.75, 3.05) is 33.2 Å². The van der Waals surface area contributed by atoms with Gasteiger partial charge in [0.15, 0.2) is 5.96 Å². The number of rotatable bonds is 7. The summed E-state index contributed by atoms with van der Waals surface area (Å²) in [5.41, 5.74) is 0. The number of nitrogens with one attached hydrogen (secondary N) is 2. The predicted octanol–water partition coefficient (Wildman–Crippen LogP) is 2.44. The van der Waals surface area contributed by atoms with E-state index in [1.807, 2.05) is 0 Å². The molecule has 0 saturated heterocycles. The van der Waals surface area contributed by atoms with E-state index in [9.17, 15) is 0 Å². The van der Waals surface area contributed by atoms with Crippen LogP contribution in [0.4, 0.5) is 0 Å². The third-order valence-electron chi connectivity index (χ3n) is 4.25. The molecule has 0 bridgehead atoms. The molecule has 0 atom stereocenters.